The maximum Gasteiger partial charge on any atom is 0.414 e. The number of amides is 2. The maximum atomic E-state index is 12.5. The van der Waals surface area contributed by atoms with Gasteiger partial charge in [-0.2, -0.15) is 0 Å². The lowest BCUT2D eigenvalue weighted by Crippen LogP contribution is -2.33. The van der Waals surface area contributed by atoms with Crippen molar-refractivity contribution in [3.8, 4) is 0 Å². The Morgan fingerprint density at radius 1 is 1.24 bits per heavy atom. The van der Waals surface area contributed by atoms with Crippen LogP contribution in [0.25, 0.3) is 0 Å². The second kappa shape index (κ2) is 6.80. The molecule has 1 atom stereocenters. The largest absolute Gasteiger partial charge is 0.442 e. The highest BCUT2D eigenvalue weighted by Crippen LogP contribution is 2.22. The van der Waals surface area contributed by atoms with E-state index in [9.17, 15) is 14.4 Å². The van der Waals surface area contributed by atoms with E-state index in [0.29, 0.717) is 23.5 Å². The van der Waals surface area contributed by atoms with Crippen molar-refractivity contribution in [1.82, 2.24) is 9.88 Å². The zero-order chi connectivity index (χ0) is 18.0. The Bertz CT molecular complexity index is 810. The van der Waals surface area contributed by atoms with E-state index in [-0.39, 0.29) is 24.3 Å². The number of rotatable bonds is 5. The van der Waals surface area contributed by atoms with Gasteiger partial charge >= 0.3 is 6.09 Å². The van der Waals surface area contributed by atoms with Crippen LogP contribution >= 0.6 is 0 Å². The lowest BCUT2D eigenvalue weighted by Gasteiger charge is -2.13. The van der Waals surface area contributed by atoms with E-state index in [2.05, 4.69) is 5.32 Å². The Balaban J connectivity index is 1.70. The van der Waals surface area contributed by atoms with E-state index in [1.807, 2.05) is 19.3 Å². The second-order valence-electron chi connectivity index (χ2n) is 5.93. The fourth-order valence-corrected chi connectivity index (χ4v) is 2.73. The van der Waals surface area contributed by atoms with Gasteiger partial charge in [0.25, 0.3) is 0 Å². The summed E-state index contributed by atoms with van der Waals surface area (Å²) in [6, 6.07) is 10.4. The van der Waals surface area contributed by atoms with E-state index >= 15 is 0 Å². The van der Waals surface area contributed by atoms with Gasteiger partial charge in [0.05, 0.1) is 18.8 Å². The van der Waals surface area contributed by atoms with Gasteiger partial charge in [0.2, 0.25) is 11.7 Å². The molecule has 1 fully saturated rings. The molecule has 0 unspecified atom stereocenters. The van der Waals surface area contributed by atoms with Crippen LogP contribution in [0.3, 0.4) is 0 Å². The summed E-state index contributed by atoms with van der Waals surface area (Å²) in [7, 11) is 1.82. The molecule has 1 aromatic heterocycles. The number of hydrogen-bond acceptors (Lipinski definition) is 4. The zero-order valence-electron chi connectivity index (χ0n) is 14.1. The van der Waals surface area contributed by atoms with Crippen LogP contribution < -0.4 is 10.2 Å². The number of nitrogens with zero attached hydrogens (tertiary/aromatic N) is 2. The van der Waals surface area contributed by atoms with Crippen molar-refractivity contribution in [3.05, 3.63) is 53.9 Å². The van der Waals surface area contributed by atoms with Gasteiger partial charge in [0.1, 0.15) is 6.10 Å². The van der Waals surface area contributed by atoms with Crippen molar-refractivity contribution < 1.29 is 19.1 Å². The van der Waals surface area contributed by atoms with Crippen LogP contribution in [0.2, 0.25) is 0 Å². The number of aromatic nitrogens is 1. The highest BCUT2D eigenvalue weighted by Gasteiger charge is 2.32. The first-order valence-corrected chi connectivity index (χ1v) is 7.94. The van der Waals surface area contributed by atoms with Crippen LogP contribution in [0.4, 0.5) is 10.5 Å². The predicted octanol–water partition coefficient (Wildman–Crippen LogP) is 1.72. The standard InChI is InChI=1S/C18H19N3O4/c1-12(22)19-10-15-11-21(18(24)25-15)14-7-5-13(6-8-14)17(23)16-4-3-9-20(16)2/h3-9,15H,10-11H2,1-2H3,(H,19,22)/t15-/m0/s1. The molecule has 2 aromatic rings. The highest BCUT2D eigenvalue weighted by atomic mass is 16.6. The molecule has 1 aromatic carbocycles. The molecule has 0 radical (unpaired) electrons. The van der Waals surface area contributed by atoms with Crippen molar-refractivity contribution >= 4 is 23.5 Å². The average molecular weight is 341 g/mol. The molecule has 25 heavy (non-hydrogen) atoms. The van der Waals surface area contributed by atoms with E-state index in [1.165, 1.54) is 11.8 Å². The molecular formula is C18H19N3O4. The summed E-state index contributed by atoms with van der Waals surface area (Å²) in [5, 5.41) is 2.64. The molecule has 1 aliphatic heterocycles. The van der Waals surface area contributed by atoms with Crippen LogP contribution in [-0.4, -0.2) is 41.5 Å². The first-order valence-electron chi connectivity index (χ1n) is 7.94. The number of hydrogen-bond donors (Lipinski definition) is 1. The van der Waals surface area contributed by atoms with Crippen molar-refractivity contribution in [2.45, 2.75) is 13.0 Å². The SMILES string of the molecule is CC(=O)NC[C@H]1CN(c2ccc(C(=O)c3cccn3C)cc2)C(=O)O1. The minimum absolute atomic E-state index is 0.0772. The van der Waals surface area contributed by atoms with Gasteiger partial charge < -0.3 is 14.6 Å². The number of cyclic esters (lactones) is 1. The third-order valence-electron chi connectivity index (χ3n) is 4.07. The summed E-state index contributed by atoms with van der Waals surface area (Å²) >= 11 is 0. The Hall–Kier alpha value is -3.09. The molecule has 0 bridgehead atoms. The van der Waals surface area contributed by atoms with Crippen molar-refractivity contribution in [3.63, 3.8) is 0 Å². The topological polar surface area (TPSA) is 80.6 Å². The molecule has 0 saturated carbocycles. The van der Waals surface area contributed by atoms with Gasteiger partial charge in [0.15, 0.2) is 0 Å². The molecule has 3 rings (SSSR count). The fraction of sp³-hybridized carbons (Fsp3) is 0.278. The number of carbonyl (C=O) groups excluding carboxylic acids is 3. The molecular weight excluding hydrogens is 322 g/mol. The Labute approximate surface area is 145 Å². The summed E-state index contributed by atoms with van der Waals surface area (Å²) in [6.45, 7) is 2.04. The molecule has 1 N–H and O–H groups in total. The van der Waals surface area contributed by atoms with Crippen molar-refractivity contribution in [2.75, 3.05) is 18.0 Å². The monoisotopic (exact) mass is 341 g/mol. The first kappa shape index (κ1) is 16.8. The summed E-state index contributed by atoms with van der Waals surface area (Å²) in [4.78, 5) is 36.9. The van der Waals surface area contributed by atoms with E-state index < -0.39 is 6.09 Å². The van der Waals surface area contributed by atoms with Crippen LogP contribution in [0, 0.1) is 0 Å². The molecule has 130 valence electrons. The number of nitrogens with one attached hydrogen (secondary N) is 1. The Morgan fingerprint density at radius 2 is 1.96 bits per heavy atom. The predicted molar refractivity (Wildman–Crippen MR) is 91.6 cm³/mol. The third-order valence-corrected chi connectivity index (χ3v) is 4.07. The molecule has 0 aliphatic carbocycles. The van der Waals surface area contributed by atoms with Gasteiger partial charge in [-0.25, -0.2) is 4.79 Å². The normalized spacial score (nSPS) is 16.6. The first-order chi connectivity index (χ1) is 12.0. The minimum Gasteiger partial charge on any atom is -0.442 e. The molecule has 2 heterocycles. The zero-order valence-corrected chi connectivity index (χ0v) is 14.1. The molecule has 7 heteroatoms. The van der Waals surface area contributed by atoms with Crippen LogP contribution in [-0.2, 0) is 16.6 Å². The molecule has 0 spiro atoms. The summed E-state index contributed by atoms with van der Waals surface area (Å²) < 4.78 is 7.00. The lowest BCUT2D eigenvalue weighted by atomic mass is 10.1. The Morgan fingerprint density at radius 3 is 2.56 bits per heavy atom. The molecule has 2 amide bonds. The Kier molecular flexibility index (Phi) is 4.56. The minimum atomic E-state index is -0.461. The van der Waals surface area contributed by atoms with Gasteiger partial charge in [-0.3, -0.25) is 14.5 Å². The van der Waals surface area contributed by atoms with Crippen LogP contribution in [0.1, 0.15) is 23.0 Å². The number of aryl methyl sites for hydroxylation is 1. The van der Waals surface area contributed by atoms with E-state index in [0.717, 1.165) is 0 Å². The highest BCUT2D eigenvalue weighted by molar-refractivity contribution is 6.08. The number of ether oxygens (including phenoxy) is 1. The van der Waals surface area contributed by atoms with Crippen LogP contribution in [0.5, 0.6) is 0 Å². The van der Waals surface area contributed by atoms with Crippen molar-refractivity contribution in [2.24, 2.45) is 7.05 Å². The van der Waals surface area contributed by atoms with Gasteiger partial charge in [-0.1, -0.05) is 0 Å². The van der Waals surface area contributed by atoms with Gasteiger partial charge in [-0.15, -0.1) is 0 Å². The van der Waals surface area contributed by atoms with Gasteiger partial charge in [0, 0.05) is 31.4 Å². The summed E-state index contributed by atoms with van der Waals surface area (Å²) in [6.07, 6.45) is 0.967. The summed E-state index contributed by atoms with van der Waals surface area (Å²) in [5.74, 6) is -0.246. The summed E-state index contributed by atoms with van der Waals surface area (Å²) in [5.41, 5.74) is 1.80. The van der Waals surface area contributed by atoms with Gasteiger partial charge in [-0.05, 0) is 36.4 Å². The van der Waals surface area contributed by atoms with Crippen LogP contribution in [0.15, 0.2) is 42.6 Å². The third kappa shape index (κ3) is 3.55. The number of anilines is 1. The average Bonchev–Trinajstić information content (AvgIpc) is 3.18. The smallest absolute Gasteiger partial charge is 0.414 e. The quantitative estimate of drug-likeness (QED) is 0.840. The molecule has 1 aliphatic rings. The van der Waals surface area contributed by atoms with E-state index in [1.54, 1.807) is 34.9 Å². The maximum absolute atomic E-state index is 12.5. The second-order valence-corrected chi connectivity index (χ2v) is 5.93. The van der Waals surface area contributed by atoms with E-state index in [4.69, 9.17) is 4.74 Å². The number of carbonyl (C=O) groups is 3. The fourth-order valence-electron chi connectivity index (χ4n) is 2.73. The molecule has 1 saturated heterocycles. The van der Waals surface area contributed by atoms with Crippen molar-refractivity contribution in [1.29, 1.82) is 0 Å². The number of benzene rings is 1. The lowest BCUT2D eigenvalue weighted by molar-refractivity contribution is -0.119. The molecule has 7 nitrogen and oxygen atoms in total. The number of ketones is 1.